The number of hydrogen-bond acceptors (Lipinski definition) is 6. The molecule has 0 aliphatic carbocycles. The summed E-state index contributed by atoms with van der Waals surface area (Å²) < 4.78 is 5.61. The van der Waals surface area contributed by atoms with Crippen LogP contribution in [0.2, 0.25) is 5.02 Å². The molecule has 3 aromatic rings. The average molecular weight is 356 g/mol. The molecule has 0 unspecified atom stereocenters. The van der Waals surface area contributed by atoms with Crippen molar-refractivity contribution < 1.29 is 4.74 Å². The standard InChI is InChI=1S/C18H18ClN5O/c1-2-25-15-10-6-5-9-14(15)24-18-16(20)17(21-11-22-18)23-13-8-4-3-7-12(13)19/h3-11H,2,20H2,1H3,(H2,21,22,23,24). The van der Waals surface area contributed by atoms with Crippen LogP contribution in [-0.2, 0) is 0 Å². The van der Waals surface area contributed by atoms with Crippen LogP contribution in [0.25, 0.3) is 0 Å². The Morgan fingerprint density at radius 2 is 1.56 bits per heavy atom. The first-order valence-electron chi connectivity index (χ1n) is 7.80. The number of anilines is 5. The van der Waals surface area contributed by atoms with Crippen molar-refractivity contribution in [3.8, 4) is 5.75 Å². The van der Waals surface area contributed by atoms with Crippen molar-refractivity contribution in [2.75, 3.05) is 23.0 Å². The third-order valence-electron chi connectivity index (χ3n) is 3.45. The Balaban J connectivity index is 1.88. The molecular weight excluding hydrogens is 338 g/mol. The van der Waals surface area contributed by atoms with Crippen molar-refractivity contribution in [1.82, 2.24) is 9.97 Å². The summed E-state index contributed by atoms with van der Waals surface area (Å²) >= 11 is 6.17. The van der Waals surface area contributed by atoms with Crippen LogP contribution in [0.3, 0.4) is 0 Å². The summed E-state index contributed by atoms with van der Waals surface area (Å²) in [6, 6.07) is 15.0. The van der Waals surface area contributed by atoms with Gasteiger partial charge >= 0.3 is 0 Å². The number of rotatable bonds is 6. The van der Waals surface area contributed by atoms with Gasteiger partial charge in [-0.2, -0.15) is 0 Å². The minimum absolute atomic E-state index is 0.383. The molecule has 0 aliphatic rings. The zero-order chi connectivity index (χ0) is 17.6. The van der Waals surface area contributed by atoms with E-state index in [0.29, 0.717) is 29.0 Å². The number of ether oxygens (including phenoxy) is 1. The first-order chi connectivity index (χ1) is 12.2. The van der Waals surface area contributed by atoms with Crippen LogP contribution in [0.5, 0.6) is 5.75 Å². The molecule has 0 radical (unpaired) electrons. The molecule has 0 aliphatic heterocycles. The van der Waals surface area contributed by atoms with Crippen molar-refractivity contribution in [2.24, 2.45) is 0 Å². The summed E-state index contributed by atoms with van der Waals surface area (Å²) in [6.07, 6.45) is 1.43. The van der Waals surface area contributed by atoms with Crippen LogP contribution in [-0.4, -0.2) is 16.6 Å². The molecule has 0 amide bonds. The summed E-state index contributed by atoms with van der Waals surface area (Å²) in [6.45, 7) is 2.50. The number of nitrogens with two attached hydrogens (primary N) is 1. The molecule has 4 N–H and O–H groups in total. The minimum Gasteiger partial charge on any atom is -0.492 e. The molecule has 6 nitrogen and oxygen atoms in total. The summed E-state index contributed by atoms with van der Waals surface area (Å²) in [7, 11) is 0. The second-order valence-corrected chi connectivity index (χ2v) is 5.55. The summed E-state index contributed by atoms with van der Waals surface area (Å²) in [5, 5.41) is 6.90. The van der Waals surface area contributed by atoms with Gasteiger partial charge in [-0.1, -0.05) is 35.9 Å². The number of aromatic nitrogens is 2. The first-order valence-corrected chi connectivity index (χ1v) is 8.17. The molecule has 0 saturated carbocycles. The monoisotopic (exact) mass is 355 g/mol. The molecule has 25 heavy (non-hydrogen) atoms. The maximum atomic E-state index is 6.22. The second kappa shape index (κ2) is 7.72. The maximum Gasteiger partial charge on any atom is 0.159 e. The molecule has 0 bridgehead atoms. The van der Waals surface area contributed by atoms with E-state index in [2.05, 4.69) is 20.6 Å². The maximum absolute atomic E-state index is 6.22. The van der Waals surface area contributed by atoms with Gasteiger partial charge in [-0.05, 0) is 31.2 Å². The van der Waals surface area contributed by atoms with E-state index in [9.17, 15) is 0 Å². The van der Waals surface area contributed by atoms with Crippen LogP contribution >= 0.6 is 11.6 Å². The molecular formula is C18H18ClN5O. The number of nitrogens with zero attached hydrogens (tertiary/aromatic N) is 2. The van der Waals surface area contributed by atoms with Crippen LogP contribution in [0.1, 0.15) is 6.92 Å². The fraction of sp³-hybridized carbons (Fsp3) is 0.111. The van der Waals surface area contributed by atoms with E-state index in [4.69, 9.17) is 22.1 Å². The number of hydrogen-bond donors (Lipinski definition) is 3. The van der Waals surface area contributed by atoms with E-state index in [-0.39, 0.29) is 0 Å². The average Bonchev–Trinajstić information content (AvgIpc) is 2.62. The summed E-state index contributed by atoms with van der Waals surface area (Å²) in [4.78, 5) is 8.42. The van der Waals surface area contributed by atoms with Crippen LogP contribution in [0, 0.1) is 0 Å². The third kappa shape index (κ3) is 3.92. The van der Waals surface area contributed by atoms with Crippen molar-refractivity contribution in [3.63, 3.8) is 0 Å². The number of para-hydroxylation sites is 3. The number of nitrogen functional groups attached to an aromatic ring is 1. The van der Waals surface area contributed by atoms with Crippen molar-refractivity contribution >= 4 is 40.3 Å². The van der Waals surface area contributed by atoms with Gasteiger partial charge in [0, 0.05) is 0 Å². The molecule has 0 saturated heterocycles. The lowest BCUT2D eigenvalue weighted by Gasteiger charge is -2.15. The lowest BCUT2D eigenvalue weighted by molar-refractivity contribution is 0.342. The smallest absolute Gasteiger partial charge is 0.159 e. The van der Waals surface area contributed by atoms with Crippen molar-refractivity contribution in [1.29, 1.82) is 0 Å². The van der Waals surface area contributed by atoms with Gasteiger partial charge in [-0.3, -0.25) is 0 Å². The molecule has 0 fully saturated rings. The molecule has 3 rings (SSSR count). The van der Waals surface area contributed by atoms with Gasteiger partial charge in [-0.25, -0.2) is 9.97 Å². The highest BCUT2D eigenvalue weighted by Crippen LogP contribution is 2.33. The van der Waals surface area contributed by atoms with E-state index < -0.39 is 0 Å². The molecule has 2 aromatic carbocycles. The first kappa shape index (κ1) is 16.9. The highest BCUT2D eigenvalue weighted by atomic mass is 35.5. The van der Waals surface area contributed by atoms with Gasteiger partial charge < -0.3 is 21.1 Å². The van der Waals surface area contributed by atoms with Gasteiger partial charge in [0.15, 0.2) is 11.6 Å². The van der Waals surface area contributed by atoms with E-state index in [1.165, 1.54) is 6.33 Å². The van der Waals surface area contributed by atoms with E-state index in [1.54, 1.807) is 6.07 Å². The van der Waals surface area contributed by atoms with Crippen molar-refractivity contribution in [3.05, 3.63) is 59.9 Å². The Bertz CT molecular complexity index is 872. The van der Waals surface area contributed by atoms with Crippen LogP contribution < -0.4 is 21.1 Å². The Labute approximate surface area is 151 Å². The Morgan fingerprint density at radius 3 is 2.24 bits per heavy atom. The topological polar surface area (TPSA) is 85.1 Å². The lowest BCUT2D eigenvalue weighted by Crippen LogP contribution is -2.06. The Morgan fingerprint density at radius 1 is 0.960 bits per heavy atom. The molecule has 0 spiro atoms. The van der Waals surface area contributed by atoms with Gasteiger partial charge in [0.2, 0.25) is 0 Å². The fourth-order valence-corrected chi connectivity index (χ4v) is 2.45. The largest absolute Gasteiger partial charge is 0.492 e. The van der Waals surface area contributed by atoms with E-state index in [0.717, 1.165) is 17.1 Å². The summed E-state index contributed by atoms with van der Waals surface area (Å²) in [5.41, 5.74) is 8.10. The number of nitrogens with one attached hydrogen (secondary N) is 2. The highest BCUT2D eigenvalue weighted by molar-refractivity contribution is 6.33. The zero-order valence-corrected chi connectivity index (χ0v) is 14.4. The highest BCUT2D eigenvalue weighted by Gasteiger charge is 2.11. The van der Waals surface area contributed by atoms with Gasteiger partial charge in [-0.15, -0.1) is 0 Å². The van der Waals surface area contributed by atoms with E-state index >= 15 is 0 Å². The minimum atomic E-state index is 0.383. The van der Waals surface area contributed by atoms with Gasteiger partial charge in [0.1, 0.15) is 17.8 Å². The van der Waals surface area contributed by atoms with Gasteiger partial charge in [0.25, 0.3) is 0 Å². The fourth-order valence-electron chi connectivity index (χ4n) is 2.26. The zero-order valence-electron chi connectivity index (χ0n) is 13.7. The molecule has 1 heterocycles. The predicted octanol–water partition coefficient (Wildman–Crippen LogP) is 4.60. The summed E-state index contributed by atoms with van der Waals surface area (Å²) in [5.74, 6) is 1.68. The second-order valence-electron chi connectivity index (χ2n) is 5.14. The van der Waals surface area contributed by atoms with Crippen molar-refractivity contribution in [2.45, 2.75) is 6.92 Å². The quantitative estimate of drug-likeness (QED) is 0.599. The van der Waals surface area contributed by atoms with Crippen LogP contribution in [0.4, 0.5) is 28.7 Å². The predicted molar refractivity (Wildman–Crippen MR) is 102 cm³/mol. The van der Waals surface area contributed by atoms with Crippen LogP contribution in [0.15, 0.2) is 54.9 Å². The normalized spacial score (nSPS) is 10.3. The lowest BCUT2D eigenvalue weighted by atomic mass is 10.2. The molecule has 0 atom stereocenters. The van der Waals surface area contributed by atoms with Gasteiger partial charge in [0.05, 0.1) is 23.0 Å². The Hall–Kier alpha value is -2.99. The SMILES string of the molecule is CCOc1ccccc1Nc1ncnc(Nc2ccccc2Cl)c1N. The molecule has 1 aromatic heterocycles. The Kier molecular flexibility index (Phi) is 5.20. The number of benzene rings is 2. The molecule has 7 heteroatoms. The number of halogens is 1. The third-order valence-corrected chi connectivity index (χ3v) is 3.78. The molecule has 128 valence electrons. The van der Waals surface area contributed by atoms with E-state index in [1.807, 2.05) is 49.4 Å².